The Balaban J connectivity index is 1.43. The molecule has 3 aliphatic heterocycles. The highest BCUT2D eigenvalue weighted by Crippen LogP contribution is 2.39. The second kappa shape index (κ2) is 6.95. The summed E-state index contributed by atoms with van der Waals surface area (Å²) in [6.45, 7) is 10.1. The van der Waals surface area contributed by atoms with Gasteiger partial charge in [0.15, 0.2) is 0 Å². The van der Waals surface area contributed by atoms with Gasteiger partial charge in [0.2, 0.25) is 5.91 Å². The van der Waals surface area contributed by atoms with Gasteiger partial charge in [0.05, 0.1) is 18.1 Å². The Labute approximate surface area is 156 Å². The fourth-order valence-corrected chi connectivity index (χ4v) is 5.18. The molecule has 0 aromatic heterocycles. The number of β-amino-alcohol motifs (C(OH)–C–C–N with tert-alkyl or cyclic N) is 1. The second-order valence-electron chi connectivity index (χ2n) is 8.92. The number of carbonyl (C=O) groups is 1. The molecule has 0 saturated carbocycles. The first-order valence-corrected chi connectivity index (χ1v) is 9.94. The zero-order chi connectivity index (χ0) is 18.3. The maximum atomic E-state index is 12.7. The van der Waals surface area contributed by atoms with E-state index in [4.69, 9.17) is 0 Å². The molecule has 2 atom stereocenters. The standard InChI is InChI=1S/C21H31N3O2/c1-16(2)10-22-11-18-9-19(25)12-24(18)21(13-22)14-23(15-21)20(26)8-17-6-4-3-5-7-17/h3-7,16,18-19,25H,8-15H2,1-2H3/t18-,19-/m1/s1. The van der Waals surface area contributed by atoms with Gasteiger partial charge in [0, 0.05) is 45.3 Å². The Bertz CT molecular complexity index is 642. The van der Waals surface area contributed by atoms with Crippen LogP contribution in [0.15, 0.2) is 30.3 Å². The van der Waals surface area contributed by atoms with Crippen molar-refractivity contribution in [3.63, 3.8) is 0 Å². The van der Waals surface area contributed by atoms with Crippen molar-refractivity contribution in [2.75, 3.05) is 39.3 Å². The van der Waals surface area contributed by atoms with Gasteiger partial charge >= 0.3 is 0 Å². The Morgan fingerprint density at radius 1 is 1.19 bits per heavy atom. The van der Waals surface area contributed by atoms with E-state index < -0.39 is 0 Å². The molecule has 1 amide bonds. The lowest BCUT2D eigenvalue weighted by Crippen LogP contribution is -2.78. The van der Waals surface area contributed by atoms with Gasteiger partial charge in [0.25, 0.3) is 0 Å². The van der Waals surface area contributed by atoms with Crippen LogP contribution in [0.3, 0.4) is 0 Å². The number of aliphatic hydroxyl groups is 1. The molecule has 1 aromatic rings. The minimum absolute atomic E-state index is 0.0433. The van der Waals surface area contributed by atoms with Crippen molar-refractivity contribution in [1.29, 1.82) is 0 Å². The van der Waals surface area contributed by atoms with Crippen LogP contribution in [-0.2, 0) is 11.2 Å². The largest absolute Gasteiger partial charge is 0.392 e. The molecule has 3 fully saturated rings. The number of rotatable bonds is 4. The van der Waals surface area contributed by atoms with Crippen LogP contribution in [0, 0.1) is 5.92 Å². The highest BCUT2D eigenvalue weighted by molar-refractivity contribution is 5.80. The predicted molar refractivity (Wildman–Crippen MR) is 102 cm³/mol. The molecule has 1 N–H and O–H groups in total. The van der Waals surface area contributed by atoms with Crippen molar-refractivity contribution >= 4 is 5.91 Å². The van der Waals surface area contributed by atoms with Gasteiger partial charge in [-0.1, -0.05) is 44.2 Å². The van der Waals surface area contributed by atoms with Gasteiger partial charge in [-0.3, -0.25) is 14.6 Å². The van der Waals surface area contributed by atoms with E-state index in [0.717, 1.165) is 51.3 Å². The van der Waals surface area contributed by atoms with E-state index in [1.54, 1.807) is 0 Å². The maximum absolute atomic E-state index is 12.7. The molecule has 4 rings (SSSR count). The number of amides is 1. The van der Waals surface area contributed by atoms with Crippen LogP contribution >= 0.6 is 0 Å². The molecule has 3 aliphatic rings. The monoisotopic (exact) mass is 357 g/mol. The summed E-state index contributed by atoms with van der Waals surface area (Å²) in [5, 5.41) is 10.2. The van der Waals surface area contributed by atoms with E-state index in [2.05, 4.69) is 23.6 Å². The van der Waals surface area contributed by atoms with Crippen LogP contribution in [-0.4, -0.2) is 82.7 Å². The Kier molecular flexibility index (Phi) is 4.80. The zero-order valence-electron chi connectivity index (χ0n) is 16.0. The van der Waals surface area contributed by atoms with E-state index >= 15 is 0 Å². The summed E-state index contributed by atoms with van der Waals surface area (Å²) in [5.41, 5.74) is 1.12. The van der Waals surface area contributed by atoms with Crippen molar-refractivity contribution < 1.29 is 9.90 Å². The smallest absolute Gasteiger partial charge is 0.227 e. The molecule has 1 aromatic carbocycles. The summed E-state index contributed by atoms with van der Waals surface area (Å²) < 4.78 is 0. The molecule has 26 heavy (non-hydrogen) atoms. The number of hydrogen-bond acceptors (Lipinski definition) is 4. The third kappa shape index (κ3) is 3.40. The molecule has 3 heterocycles. The average molecular weight is 357 g/mol. The van der Waals surface area contributed by atoms with Crippen LogP contribution in [0.4, 0.5) is 0 Å². The van der Waals surface area contributed by atoms with E-state index in [0.29, 0.717) is 18.4 Å². The summed E-state index contributed by atoms with van der Waals surface area (Å²) >= 11 is 0. The van der Waals surface area contributed by atoms with Gasteiger partial charge in [-0.15, -0.1) is 0 Å². The molecule has 142 valence electrons. The predicted octanol–water partition coefficient (Wildman–Crippen LogP) is 1.22. The summed E-state index contributed by atoms with van der Waals surface area (Å²) in [7, 11) is 0. The van der Waals surface area contributed by atoms with Crippen molar-refractivity contribution in [2.24, 2.45) is 5.92 Å². The minimum Gasteiger partial charge on any atom is -0.392 e. The van der Waals surface area contributed by atoms with E-state index in [-0.39, 0.29) is 17.6 Å². The molecule has 5 heteroatoms. The van der Waals surface area contributed by atoms with Gasteiger partial charge in [-0.25, -0.2) is 0 Å². The molecule has 0 bridgehead atoms. The highest BCUT2D eigenvalue weighted by atomic mass is 16.3. The molecule has 0 unspecified atom stereocenters. The number of carbonyl (C=O) groups excluding carboxylic acids is 1. The van der Waals surface area contributed by atoms with E-state index in [1.165, 1.54) is 0 Å². The lowest BCUT2D eigenvalue weighted by atomic mass is 9.83. The Hall–Kier alpha value is -1.43. The number of hydrogen-bond donors (Lipinski definition) is 1. The maximum Gasteiger partial charge on any atom is 0.227 e. The van der Waals surface area contributed by atoms with E-state index in [1.807, 2.05) is 35.2 Å². The fraction of sp³-hybridized carbons (Fsp3) is 0.667. The summed E-state index contributed by atoms with van der Waals surface area (Å²) in [6, 6.07) is 10.4. The van der Waals surface area contributed by atoms with Gasteiger partial charge in [-0.05, 0) is 17.9 Å². The first kappa shape index (κ1) is 18.0. The molecular weight excluding hydrogens is 326 g/mol. The van der Waals surface area contributed by atoms with Gasteiger partial charge in [0.1, 0.15) is 0 Å². The van der Waals surface area contributed by atoms with Crippen LogP contribution in [0.5, 0.6) is 0 Å². The zero-order valence-corrected chi connectivity index (χ0v) is 16.0. The van der Waals surface area contributed by atoms with Crippen molar-refractivity contribution in [2.45, 2.75) is 44.4 Å². The van der Waals surface area contributed by atoms with Crippen molar-refractivity contribution in [1.82, 2.24) is 14.7 Å². The number of fused-ring (bicyclic) bond motifs is 2. The quantitative estimate of drug-likeness (QED) is 0.880. The molecule has 1 spiro atoms. The van der Waals surface area contributed by atoms with Crippen LogP contribution in [0.2, 0.25) is 0 Å². The minimum atomic E-state index is -0.218. The number of aliphatic hydroxyl groups excluding tert-OH is 1. The fourth-order valence-electron chi connectivity index (χ4n) is 5.18. The normalized spacial score (nSPS) is 28.4. The molecular formula is C21H31N3O2. The number of likely N-dealkylation sites (tertiary alicyclic amines) is 1. The number of nitrogens with zero attached hydrogens (tertiary/aromatic N) is 3. The topological polar surface area (TPSA) is 47.0 Å². The second-order valence-corrected chi connectivity index (χ2v) is 8.92. The Morgan fingerprint density at radius 2 is 1.92 bits per heavy atom. The van der Waals surface area contributed by atoms with Crippen molar-refractivity contribution in [3.05, 3.63) is 35.9 Å². The van der Waals surface area contributed by atoms with Crippen LogP contribution in [0.25, 0.3) is 0 Å². The SMILES string of the molecule is CC(C)CN1C[C@H]2C[C@@H](O)CN2C2(C1)CN(C(=O)Cc1ccccc1)C2. The average Bonchev–Trinajstić information content (AvgIpc) is 2.92. The summed E-state index contributed by atoms with van der Waals surface area (Å²) in [6.07, 6.45) is 1.14. The first-order chi connectivity index (χ1) is 12.4. The lowest BCUT2D eigenvalue weighted by molar-refractivity contribution is -0.156. The third-order valence-corrected chi connectivity index (χ3v) is 6.13. The van der Waals surface area contributed by atoms with Gasteiger partial charge in [-0.2, -0.15) is 0 Å². The summed E-state index contributed by atoms with van der Waals surface area (Å²) in [4.78, 5) is 19.8. The molecule has 0 radical (unpaired) electrons. The number of piperazine rings is 1. The summed E-state index contributed by atoms with van der Waals surface area (Å²) in [5.74, 6) is 0.861. The lowest BCUT2D eigenvalue weighted by Gasteiger charge is -2.61. The van der Waals surface area contributed by atoms with Gasteiger partial charge < -0.3 is 10.0 Å². The highest BCUT2D eigenvalue weighted by Gasteiger charge is 2.56. The van der Waals surface area contributed by atoms with Crippen molar-refractivity contribution in [3.8, 4) is 0 Å². The Morgan fingerprint density at radius 3 is 2.62 bits per heavy atom. The molecule has 5 nitrogen and oxygen atoms in total. The van der Waals surface area contributed by atoms with E-state index in [9.17, 15) is 9.90 Å². The number of benzene rings is 1. The molecule has 3 saturated heterocycles. The van der Waals surface area contributed by atoms with Crippen LogP contribution in [0.1, 0.15) is 25.8 Å². The molecule has 0 aliphatic carbocycles. The third-order valence-electron chi connectivity index (χ3n) is 6.13. The van der Waals surface area contributed by atoms with Crippen LogP contribution < -0.4 is 0 Å². The first-order valence-electron chi connectivity index (χ1n) is 9.94.